The summed E-state index contributed by atoms with van der Waals surface area (Å²) in [4.78, 5) is 26.9. The number of nitrogens with zero attached hydrogens (tertiary/aromatic N) is 1. The van der Waals surface area contributed by atoms with Gasteiger partial charge in [0, 0.05) is 6.54 Å². The van der Waals surface area contributed by atoms with Gasteiger partial charge in [-0.3, -0.25) is 9.59 Å². The van der Waals surface area contributed by atoms with Crippen molar-refractivity contribution < 1.29 is 14.0 Å². The van der Waals surface area contributed by atoms with Gasteiger partial charge in [0.2, 0.25) is 11.8 Å². The van der Waals surface area contributed by atoms with Crippen LogP contribution in [-0.4, -0.2) is 28.5 Å². The van der Waals surface area contributed by atoms with E-state index in [1.54, 1.807) is 35.7 Å². The summed E-state index contributed by atoms with van der Waals surface area (Å²) in [6.45, 7) is 8.53. The maximum absolute atomic E-state index is 13.0. The van der Waals surface area contributed by atoms with Gasteiger partial charge in [-0.25, -0.2) is 4.39 Å². The fourth-order valence-electron chi connectivity index (χ4n) is 3.32. The molecule has 1 aliphatic rings. The normalized spacial score (nSPS) is 18.0. The Morgan fingerprint density at radius 3 is 2.38 bits per heavy atom. The van der Waals surface area contributed by atoms with E-state index in [9.17, 15) is 14.0 Å². The second-order valence-electron chi connectivity index (χ2n) is 8.36. The standard InChI is InChI=1S/C23H27FN2O2S/c1-15(21(28)25-13-16-5-11-19(24)12-6-16)26-20(27)14-29-22(26)17-7-9-18(10-8-17)23(2,3)4/h5-12,15,22H,13-14H2,1-4H3,(H,25,28)/t15-,22+/m0/s1. The maximum atomic E-state index is 13.0. The summed E-state index contributed by atoms with van der Waals surface area (Å²) in [5.41, 5.74) is 3.12. The number of hydrogen-bond donors (Lipinski definition) is 1. The van der Waals surface area contributed by atoms with Crippen LogP contribution in [0.4, 0.5) is 4.39 Å². The molecule has 2 amide bonds. The van der Waals surface area contributed by atoms with Gasteiger partial charge in [-0.1, -0.05) is 57.2 Å². The molecule has 0 unspecified atom stereocenters. The first kappa shape index (κ1) is 21.4. The third kappa shape index (κ3) is 4.99. The molecule has 1 aliphatic heterocycles. The summed E-state index contributed by atoms with van der Waals surface area (Å²) in [5.74, 6) is -0.208. The van der Waals surface area contributed by atoms with E-state index in [0.29, 0.717) is 12.3 Å². The number of thioether (sulfide) groups is 1. The van der Waals surface area contributed by atoms with E-state index in [1.807, 2.05) is 12.1 Å². The average molecular weight is 415 g/mol. The Morgan fingerprint density at radius 1 is 1.17 bits per heavy atom. The van der Waals surface area contributed by atoms with Gasteiger partial charge in [0.15, 0.2) is 0 Å². The Balaban J connectivity index is 1.70. The molecule has 1 fully saturated rings. The molecule has 0 spiro atoms. The number of amides is 2. The van der Waals surface area contributed by atoms with Crippen LogP contribution in [0.2, 0.25) is 0 Å². The van der Waals surface area contributed by atoms with Crippen LogP contribution < -0.4 is 5.32 Å². The minimum absolute atomic E-state index is 0.0377. The highest BCUT2D eigenvalue weighted by Crippen LogP contribution is 2.40. The van der Waals surface area contributed by atoms with Crippen LogP contribution in [0, 0.1) is 5.82 Å². The van der Waals surface area contributed by atoms with Crippen molar-refractivity contribution in [3.8, 4) is 0 Å². The first-order chi connectivity index (χ1) is 13.7. The molecule has 1 heterocycles. The molecule has 0 aromatic heterocycles. The van der Waals surface area contributed by atoms with Crippen LogP contribution >= 0.6 is 11.8 Å². The highest BCUT2D eigenvalue weighted by atomic mass is 32.2. The number of halogens is 1. The van der Waals surface area contributed by atoms with E-state index in [2.05, 4.69) is 38.2 Å². The quantitative estimate of drug-likeness (QED) is 0.789. The molecule has 29 heavy (non-hydrogen) atoms. The van der Waals surface area contributed by atoms with E-state index in [-0.39, 0.29) is 28.4 Å². The molecule has 2 aromatic rings. The van der Waals surface area contributed by atoms with Gasteiger partial charge in [0.05, 0.1) is 5.75 Å². The van der Waals surface area contributed by atoms with Crippen molar-refractivity contribution in [1.29, 1.82) is 0 Å². The van der Waals surface area contributed by atoms with Gasteiger partial charge < -0.3 is 10.2 Å². The smallest absolute Gasteiger partial charge is 0.242 e. The summed E-state index contributed by atoms with van der Waals surface area (Å²) in [7, 11) is 0. The van der Waals surface area contributed by atoms with Gasteiger partial charge >= 0.3 is 0 Å². The zero-order valence-corrected chi connectivity index (χ0v) is 18.1. The molecule has 4 nitrogen and oxygen atoms in total. The molecular weight excluding hydrogens is 387 g/mol. The largest absolute Gasteiger partial charge is 0.350 e. The molecule has 0 saturated carbocycles. The zero-order valence-electron chi connectivity index (χ0n) is 17.2. The molecule has 2 atom stereocenters. The summed E-state index contributed by atoms with van der Waals surface area (Å²) in [6, 6.07) is 13.7. The van der Waals surface area contributed by atoms with Crippen LogP contribution in [0.5, 0.6) is 0 Å². The molecule has 6 heteroatoms. The average Bonchev–Trinajstić information content (AvgIpc) is 3.07. The molecular formula is C23H27FN2O2S. The number of rotatable bonds is 5. The number of carbonyl (C=O) groups is 2. The third-order valence-electron chi connectivity index (χ3n) is 5.14. The van der Waals surface area contributed by atoms with Gasteiger partial charge in [-0.15, -0.1) is 11.8 Å². The Bertz CT molecular complexity index is 875. The second-order valence-corrected chi connectivity index (χ2v) is 9.43. The zero-order chi connectivity index (χ0) is 21.2. The minimum atomic E-state index is -0.592. The Kier molecular flexibility index (Phi) is 6.32. The monoisotopic (exact) mass is 414 g/mol. The molecule has 3 rings (SSSR count). The molecule has 154 valence electrons. The molecule has 1 saturated heterocycles. The summed E-state index contributed by atoms with van der Waals surface area (Å²) >= 11 is 1.54. The van der Waals surface area contributed by atoms with Crippen molar-refractivity contribution in [3.63, 3.8) is 0 Å². The second kappa shape index (κ2) is 8.57. The van der Waals surface area contributed by atoms with E-state index in [0.717, 1.165) is 11.1 Å². The Hall–Kier alpha value is -2.34. The third-order valence-corrected chi connectivity index (χ3v) is 6.37. The van der Waals surface area contributed by atoms with E-state index < -0.39 is 6.04 Å². The number of nitrogens with one attached hydrogen (secondary N) is 1. The highest BCUT2D eigenvalue weighted by Gasteiger charge is 2.38. The van der Waals surface area contributed by atoms with Crippen molar-refractivity contribution in [1.82, 2.24) is 10.2 Å². The topological polar surface area (TPSA) is 49.4 Å². The lowest BCUT2D eigenvalue weighted by Gasteiger charge is -2.30. The maximum Gasteiger partial charge on any atom is 0.242 e. The van der Waals surface area contributed by atoms with Crippen molar-refractivity contribution >= 4 is 23.6 Å². The van der Waals surface area contributed by atoms with Crippen molar-refractivity contribution in [3.05, 3.63) is 71.0 Å². The van der Waals surface area contributed by atoms with Gasteiger partial charge in [-0.2, -0.15) is 0 Å². The minimum Gasteiger partial charge on any atom is -0.350 e. The Labute approximate surface area is 175 Å². The van der Waals surface area contributed by atoms with E-state index in [1.165, 1.54) is 17.7 Å². The molecule has 1 N–H and O–H groups in total. The lowest BCUT2D eigenvalue weighted by atomic mass is 9.86. The van der Waals surface area contributed by atoms with Crippen molar-refractivity contribution in [2.75, 3.05) is 5.75 Å². The number of carbonyl (C=O) groups excluding carboxylic acids is 2. The van der Waals surface area contributed by atoms with Crippen LogP contribution in [0.15, 0.2) is 48.5 Å². The molecule has 2 aromatic carbocycles. The lowest BCUT2D eigenvalue weighted by Crippen LogP contribution is -2.46. The van der Waals surface area contributed by atoms with Crippen molar-refractivity contribution in [2.24, 2.45) is 0 Å². The first-order valence-corrected chi connectivity index (χ1v) is 10.8. The number of hydrogen-bond acceptors (Lipinski definition) is 3. The van der Waals surface area contributed by atoms with Crippen LogP contribution in [-0.2, 0) is 21.5 Å². The predicted octanol–water partition coefficient (Wildman–Crippen LogP) is 4.40. The summed E-state index contributed by atoms with van der Waals surface area (Å²) in [6.07, 6.45) is 0. The highest BCUT2D eigenvalue weighted by molar-refractivity contribution is 8.00. The number of benzene rings is 2. The van der Waals surface area contributed by atoms with Gasteiger partial charge in [-0.05, 0) is 41.2 Å². The van der Waals surface area contributed by atoms with Crippen LogP contribution in [0.1, 0.15) is 49.8 Å². The lowest BCUT2D eigenvalue weighted by molar-refractivity contribution is -0.137. The molecule has 0 aliphatic carbocycles. The Morgan fingerprint density at radius 2 is 1.79 bits per heavy atom. The van der Waals surface area contributed by atoms with Crippen molar-refractivity contribution in [2.45, 2.75) is 51.1 Å². The van der Waals surface area contributed by atoms with E-state index in [4.69, 9.17) is 0 Å². The predicted molar refractivity (Wildman–Crippen MR) is 115 cm³/mol. The van der Waals surface area contributed by atoms with Crippen LogP contribution in [0.3, 0.4) is 0 Å². The molecule has 0 radical (unpaired) electrons. The SMILES string of the molecule is C[C@@H](C(=O)NCc1ccc(F)cc1)N1C(=O)CS[C@@H]1c1ccc(C(C)(C)C)cc1. The molecule has 0 bridgehead atoms. The first-order valence-electron chi connectivity index (χ1n) is 9.72. The van der Waals surface area contributed by atoms with Crippen LogP contribution in [0.25, 0.3) is 0 Å². The fourth-order valence-corrected chi connectivity index (χ4v) is 4.58. The summed E-state index contributed by atoms with van der Waals surface area (Å²) < 4.78 is 13.0. The summed E-state index contributed by atoms with van der Waals surface area (Å²) in [5, 5.41) is 2.67. The van der Waals surface area contributed by atoms with E-state index >= 15 is 0 Å². The van der Waals surface area contributed by atoms with Gasteiger partial charge in [0.1, 0.15) is 17.2 Å². The fraction of sp³-hybridized carbons (Fsp3) is 0.391. The van der Waals surface area contributed by atoms with Gasteiger partial charge in [0.25, 0.3) is 0 Å².